The van der Waals surface area contributed by atoms with Crippen LogP contribution < -0.4 is 15.5 Å². The zero-order valence-corrected chi connectivity index (χ0v) is 17.4. The maximum absolute atomic E-state index is 5.88. The maximum Gasteiger partial charge on any atom is 0.0441 e. The Kier molecular flexibility index (Phi) is 5.47. The fourth-order valence-corrected chi connectivity index (χ4v) is 4.54. The topological polar surface area (TPSA) is 39.0 Å². The van der Waals surface area contributed by atoms with Gasteiger partial charge in [0.25, 0.3) is 0 Å². The fourth-order valence-electron chi connectivity index (χ4n) is 4.54. The van der Waals surface area contributed by atoms with Gasteiger partial charge in [-0.15, -0.1) is 0 Å². The minimum atomic E-state index is 0.504. The van der Waals surface area contributed by atoms with Crippen LogP contribution in [0.25, 0.3) is 0 Å². The summed E-state index contributed by atoms with van der Waals surface area (Å²) < 4.78 is 0. The van der Waals surface area contributed by atoms with E-state index >= 15 is 0 Å². The Morgan fingerprint density at radius 3 is 1.57 bits per heavy atom. The molecule has 2 aromatic rings. The number of nitrogen functional groups attached to an aromatic ring is 1. The van der Waals surface area contributed by atoms with Crippen LogP contribution in [0.5, 0.6) is 0 Å². The van der Waals surface area contributed by atoms with Crippen LogP contribution in [0.2, 0.25) is 0 Å². The van der Waals surface area contributed by atoms with Gasteiger partial charge < -0.3 is 15.5 Å². The first-order valence-corrected chi connectivity index (χ1v) is 10.3. The molecule has 2 aliphatic rings. The van der Waals surface area contributed by atoms with Gasteiger partial charge in [-0.05, 0) is 57.4 Å². The molecule has 0 aliphatic carbocycles. The minimum Gasteiger partial charge on any atom is -0.399 e. The smallest absolute Gasteiger partial charge is 0.0441 e. The molecule has 4 rings (SSSR count). The number of hydrogen-bond acceptors (Lipinski definition) is 5. The second kappa shape index (κ2) is 8.02. The van der Waals surface area contributed by atoms with E-state index in [0.717, 1.165) is 45.0 Å². The second-order valence-corrected chi connectivity index (χ2v) is 8.42. The zero-order chi connectivity index (χ0) is 19.7. The first kappa shape index (κ1) is 19.1. The molecule has 2 atom stereocenters. The van der Waals surface area contributed by atoms with Crippen molar-refractivity contribution in [2.45, 2.75) is 19.0 Å². The number of benzene rings is 2. The van der Waals surface area contributed by atoms with Gasteiger partial charge in [0.1, 0.15) is 0 Å². The molecule has 0 aromatic heterocycles. The third-order valence-corrected chi connectivity index (χ3v) is 6.49. The maximum atomic E-state index is 5.88. The van der Waals surface area contributed by atoms with E-state index in [9.17, 15) is 0 Å². The first-order chi connectivity index (χ1) is 13.5. The summed E-state index contributed by atoms with van der Waals surface area (Å²) in [5.74, 6) is 0. The molecule has 28 heavy (non-hydrogen) atoms. The van der Waals surface area contributed by atoms with Crippen molar-refractivity contribution in [1.82, 2.24) is 9.80 Å². The van der Waals surface area contributed by atoms with E-state index < -0.39 is 0 Å². The predicted molar refractivity (Wildman–Crippen MR) is 119 cm³/mol. The van der Waals surface area contributed by atoms with E-state index in [1.54, 1.807) is 0 Å². The van der Waals surface area contributed by atoms with Crippen molar-refractivity contribution in [2.75, 3.05) is 68.9 Å². The van der Waals surface area contributed by atoms with Gasteiger partial charge in [0.15, 0.2) is 0 Å². The summed E-state index contributed by atoms with van der Waals surface area (Å²) in [7, 11) is 4.57. The van der Waals surface area contributed by atoms with Crippen molar-refractivity contribution >= 4 is 17.1 Å². The number of likely N-dealkylation sites (N-methyl/N-ethyl adjacent to an activating group) is 2. The third kappa shape index (κ3) is 3.96. The number of nitrogens with two attached hydrogens (primary N) is 1. The number of rotatable bonds is 3. The lowest BCUT2D eigenvalue weighted by Gasteiger charge is -2.50. The van der Waals surface area contributed by atoms with Crippen molar-refractivity contribution < 1.29 is 0 Å². The molecule has 2 aliphatic heterocycles. The van der Waals surface area contributed by atoms with E-state index in [0.29, 0.717) is 12.1 Å². The van der Waals surface area contributed by atoms with Crippen LogP contribution in [0.1, 0.15) is 5.56 Å². The molecule has 5 heteroatoms. The van der Waals surface area contributed by atoms with Crippen molar-refractivity contribution in [3.8, 4) is 0 Å². The fraction of sp³-hybridized carbons (Fsp3) is 0.478. The lowest BCUT2D eigenvalue weighted by Crippen LogP contribution is -2.65. The molecule has 0 radical (unpaired) electrons. The summed E-state index contributed by atoms with van der Waals surface area (Å²) in [6.45, 7) is 8.62. The Labute approximate surface area is 169 Å². The Morgan fingerprint density at radius 1 is 0.679 bits per heavy atom. The Bertz CT molecular complexity index is 705. The lowest BCUT2D eigenvalue weighted by molar-refractivity contribution is 0.0939. The van der Waals surface area contributed by atoms with Crippen LogP contribution in [0.3, 0.4) is 0 Å². The number of aryl methyl sites for hydroxylation is 1. The van der Waals surface area contributed by atoms with Crippen molar-refractivity contribution in [3.63, 3.8) is 0 Å². The van der Waals surface area contributed by atoms with Gasteiger partial charge in [0, 0.05) is 68.4 Å². The molecule has 2 N–H and O–H groups in total. The minimum absolute atomic E-state index is 0.504. The van der Waals surface area contributed by atoms with Crippen LogP contribution in [0, 0.1) is 6.92 Å². The highest BCUT2D eigenvalue weighted by Crippen LogP contribution is 2.26. The first-order valence-electron chi connectivity index (χ1n) is 10.3. The molecular formula is C23H33N5. The van der Waals surface area contributed by atoms with Gasteiger partial charge in [-0.2, -0.15) is 0 Å². The molecule has 0 amide bonds. The van der Waals surface area contributed by atoms with E-state index in [-0.39, 0.29) is 0 Å². The van der Waals surface area contributed by atoms with E-state index in [2.05, 4.69) is 77.0 Å². The lowest BCUT2D eigenvalue weighted by atomic mass is 9.98. The molecule has 2 unspecified atom stereocenters. The number of nitrogens with zero attached hydrogens (tertiary/aromatic N) is 4. The van der Waals surface area contributed by atoms with E-state index in [1.807, 2.05) is 12.1 Å². The SMILES string of the molecule is Cc1ccc(N2CCN(C)C(C3CN(c4ccc(N)cc4)CCN3C)C2)cc1. The van der Waals surface area contributed by atoms with Gasteiger partial charge in [0.05, 0.1) is 0 Å². The molecule has 0 saturated carbocycles. The third-order valence-electron chi connectivity index (χ3n) is 6.49. The molecule has 0 bridgehead atoms. The van der Waals surface area contributed by atoms with Gasteiger partial charge in [0.2, 0.25) is 0 Å². The predicted octanol–water partition coefficient (Wildman–Crippen LogP) is 2.52. The molecule has 0 spiro atoms. The summed E-state index contributed by atoms with van der Waals surface area (Å²) in [6, 6.07) is 18.3. The molecule has 2 heterocycles. The Hall–Kier alpha value is -2.24. The Balaban J connectivity index is 1.51. The number of anilines is 3. The summed E-state index contributed by atoms with van der Waals surface area (Å²) >= 11 is 0. The van der Waals surface area contributed by atoms with Crippen LogP contribution in [-0.4, -0.2) is 75.2 Å². The van der Waals surface area contributed by atoms with E-state index in [4.69, 9.17) is 5.73 Å². The van der Waals surface area contributed by atoms with Gasteiger partial charge in [-0.3, -0.25) is 9.80 Å². The standard InChI is InChI=1S/C23H33N5/c1-18-4-8-20(9-5-18)27-14-12-25(2)22(16-27)23-17-28(15-13-26(23)3)21-10-6-19(24)7-11-21/h4-11,22-23H,12-17,24H2,1-3H3. The van der Waals surface area contributed by atoms with Crippen LogP contribution in [0.15, 0.2) is 48.5 Å². The second-order valence-electron chi connectivity index (χ2n) is 8.42. The molecular weight excluding hydrogens is 346 g/mol. The van der Waals surface area contributed by atoms with Crippen LogP contribution in [0.4, 0.5) is 17.1 Å². The summed E-state index contributed by atoms with van der Waals surface area (Å²) in [5.41, 5.74) is 10.7. The molecule has 150 valence electrons. The number of hydrogen-bond donors (Lipinski definition) is 1. The molecule has 2 fully saturated rings. The van der Waals surface area contributed by atoms with Crippen LogP contribution >= 0.6 is 0 Å². The Morgan fingerprint density at radius 2 is 1.11 bits per heavy atom. The summed E-state index contributed by atoms with van der Waals surface area (Å²) in [4.78, 5) is 10.2. The average molecular weight is 380 g/mol. The van der Waals surface area contributed by atoms with Crippen molar-refractivity contribution in [2.24, 2.45) is 0 Å². The summed E-state index contributed by atoms with van der Waals surface area (Å²) in [5, 5.41) is 0. The molecule has 2 saturated heterocycles. The zero-order valence-electron chi connectivity index (χ0n) is 17.4. The highest BCUT2D eigenvalue weighted by molar-refractivity contribution is 5.54. The highest BCUT2D eigenvalue weighted by Gasteiger charge is 2.36. The molecule has 2 aromatic carbocycles. The number of piperazine rings is 2. The van der Waals surface area contributed by atoms with Crippen LogP contribution in [-0.2, 0) is 0 Å². The normalized spacial score (nSPS) is 24.5. The van der Waals surface area contributed by atoms with Gasteiger partial charge in [-0.25, -0.2) is 0 Å². The summed E-state index contributed by atoms with van der Waals surface area (Å²) in [6.07, 6.45) is 0. The van der Waals surface area contributed by atoms with Crippen molar-refractivity contribution in [1.29, 1.82) is 0 Å². The average Bonchev–Trinajstić information content (AvgIpc) is 2.70. The van der Waals surface area contributed by atoms with Crippen molar-refractivity contribution in [3.05, 3.63) is 54.1 Å². The van der Waals surface area contributed by atoms with E-state index in [1.165, 1.54) is 16.9 Å². The monoisotopic (exact) mass is 379 g/mol. The highest BCUT2D eigenvalue weighted by atomic mass is 15.3. The van der Waals surface area contributed by atoms with Gasteiger partial charge in [-0.1, -0.05) is 17.7 Å². The largest absolute Gasteiger partial charge is 0.399 e. The quantitative estimate of drug-likeness (QED) is 0.830. The molecule has 5 nitrogen and oxygen atoms in total. The van der Waals surface area contributed by atoms with Gasteiger partial charge >= 0.3 is 0 Å².